The molecule has 0 amide bonds. The van der Waals surface area contributed by atoms with E-state index in [0.29, 0.717) is 0 Å². The smallest absolute Gasteiger partial charge is 0.410 e. The molecule has 1 aliphatic carbocycles. The van der Waals surface area contributed by atoms with Crippen LogP contribution in [0, 0.1) is 0 Å². The van der Waals surface area contributed by atoms with E-state index in [1.54, 1.807) is 0 Å². The Morgan fingerprint density at radius 1 is 1.22 bits per heavy atom. The first-order chi connectivity index (χ1) is 11.2. The van der Waals surface area contributed by atoms with Gasteiger partial charge in [-0.05, 0) is 40.3 Å². The molecule has 2 aromatic rings. The zero-order valence-electron chi connectivity index (χ0n) is 12.5. The SMILES string of the molecule is C=CC(N)OC(=O)OOCc1cccc2c1Cc1ccccc1-2. The van der Waals surface area contributed by atoms with E-state index in [4.69, 9.17) is 10.6 Å². The normalized spacial score (nSPS) is 12.9. The van der Waals surface area contributed by atoms with E-state index in [1.165, 1.54) is 28.3 Å². The number of hydrogen-bond acceptors (Lipinski definition) is 5. The molecule has 0 spiro atoms. The van der Waals surface area contributed by atoms with Gasteiger partial charge >= 0.3 is 6.16 Å². The van der Waals surface area contributed by atoms with Gasteiger partial charge in [0.1, 0.15) is 6.61 Å². The molecule has 5 heteroatoms. The zero-order valence-corrected chi connectivity index (χ0v) is 12.5. The van der Waals surface area contributed by atoms with E-state index < -0.39 is 12.4 Å². The van der Waals surface area contributed by atoms with Crippen molar-refractivity contribution in [3.63, 3.8) is 0 Å². The lowest BCUT2D eigenvalue weighted by atomic mass is 10.0. The third kappa shape index (κ3) is 3.26. The topological polar surface area (TPSA) is 70.8 Å². The minimum Gasteiger partial charge on any atom is -0.410 e. The lowest BCUT2D eigenvalue weighted by Gasteiger charge is -2.10. The molecule has 0 aliphatic heterocycles. The Morgan fingerprint density at radius 3 is 2.83 bits per heavy atom. The van der Waals surface area contributed by atoms with Gasteiger partial charge in [0.15, 0.2) is 6.23 Å². The monoisotopic (exact) mass is 311 g/mol. The molecule has 2 aromatic carbocycles. The van der Waals surface area contributed by atoms with E-state index in [-0.39, 0.29) is 6.61 Å². The lowest BCUT2D eigenvalue weighted by Crippen LogP contribution is -2.25. The summed E-state index contributed by atoms with van der Waals surface area (Å²) < 4.78 is 4.65. The summed E-state index contributed by atoms with van der Waals surface area (Å²) in [6.07, 6.45) is 0.217. The van der Waals surface area contributed by atoms with Gasteiger partial charge < -0.3 is 4.74 Å². The number of benzene rings is 2. The van der Waals surface area contributed by atoms with Crippen LogP contribution in [0.5, 0.6) is 0 Å². The molecule has 1 aliphatic rings. The first kappa shape index (κ1) is 15.3. The Kier molecular flexibility index (Phi) is 4.41. The molecule has 0 fully saturated rings. The first-order valence-corrected chi connectivity index (χ1v) is 7.26. The molecular weight excluding hydrogens is 294 g/mol. The van der Waals surface area contributed by atoms with Crippen LogP contribution in [-0.2, 0) is 27.5 Å². The van der Waals surface area contributed by atoms with Crippen molar-refractivity contribution in [1.29, 1.82) is 0 Å². The van der Waals surface area contributed by atoms with Crippen LogP contribution in [0.4, 0.5) is 4.79 Å². The van der Waals surface area contributed by atoms with E-state index in [0.717, 1.165) is 12.0 Å². The molecule has 1 unspecified atom stereocenters. The number of fused-ring (bicyclic) bond motifs is 3. The molecule has 0 saturated carbocycles. The summed E-state index contributed by atoms with van der Waals surface area (Å²) in [5, 5.41) is 0. The van der Waals surface area contributed by atoms with Crippen molar-refractivity contribution in [2.45, 2.75) is 19.3 Å². The number of hydrogen-bond donors (Lipinski definition) is 1. The summed E-state index contributed by atoms with van der Waals surface area (Å²) in [6.45, 7) is 3.55. The number of rotatable bonds is 5. The fourth-order valence-corrected chi connectivity index (χ4v) is 2.68. The standard InChI is InChI=1S/C18H17NO4/c1-2-17(19)22-18(20)23-21-11-13-7-5-9-15-14-8-4-3-6-12(14)10-16(13)15/h2-9,17H,1,10-11,19H2. The molecule has 2 N–H and O–H groups in total. The van der Waals surface area contributed by atoms with Crippen LogP contribution in [0.3, 0.4) is 0 Å². The van der Waals surface area contributed by atoms with Gasteiger partial charge in [-0.1, -0.05) is 49.0 Å². The molecule has 3 rings (SSSR count). The fraction of sp³-hybridized carbons (Fsp3) is 0.167. The predicted octanol–water partition coefficient (Wildman–Crippen LogP) is 3.31. The van der Waals surface area contributed by atoms with E-state index in [9.17, 15) is 4.79 Å². The summed E-state index contributed by atoms with van der Waals surface area (Å²) >= 11 is 0. The molecule has 1 atom stereocenters. The molecule has 0 bridgehead atoms. The fourth-order valence-electron chi connectivity index (χ4n) is 2.68. The van der Waals surface area contributed by atoms with Crippen molar-refractivity contribution in [2.24, 2.45) is 5.73 Å². The molecule has 23 heavy (non-hydrogen) atoms. The summed E-state index contributed by atoms with van der Waals surface area (Å²) in [7, 11) is 0. The summed E-state index contributed by atoms with van der Waals surface area (Å²) in [4.78, 5) is 20.9. The quantitative estimate of drug-likeness (QED) is 0.257. The number of carbonyl (C=O) groups is 1. The Labute approximate surface area is 134 Å². The van der Waals surface area contributed by atoms with Crippen LogP contribution in [0.15, 0.2) is 55.1 Å². The highest BCUT2D eigenvalue weighted by molar-refractivity contribution is 5.77. The molecular formula is C18H17NO4. The minimum absolute atomic E-state index is 0.148. The summed E-state index contributed by atoms with van der Waals surface area (Å²) in [5.41, 5.74) is 11.3. The number of nitrogens with two attached hydrogens (primary N) is 1. The van der Waals surface area contributed by atoms with Crippen molar-refractivity contribution < 1.29 is 19.3 Å². The average Bonchev–Trinajstić information content (AvgIpc) is 2.94. The molecule has 0 radical (unpaired) electrons. The number of ether oxygens (including phenoxy) is 1. The third-order valence-electron chi connectivity index (χ3n) is 3.75. The van der Waals surface area contributed by atoms with Gasteiger partial charge in [-0.15, -0.1) is 0 Å². The Morgan fingerprint density at radius 2 is 2.00 bits per heavy atom. The van der Waals surface area contributed by atoms with Crippen LogP contribution in [0.1, 0.15) is 16.7 Å². The highest BCUT2D eigenvalue weighted by atomic mass is 17.2. The van der Waals surface area contributed by atoms with Crippen LogP contribution in [-0.4, -0.2) is 12.4 Å². The minimum atomic E-state index is -0.992. The van der Waals surface area contributed by atoms with Gasteiger partial charge in [0.05, 0.1) is 0 Å². The lowest BCUT2D eigenvalue weighted by molar-refractivity contribution is -0.265. The molecule has 0 aromatic heterocycles. The van der Waals surface area contributed by atoms with E-state index in [2.05, 4.69) is 34.4 Å². The Bertz CT molecular complexity index is 742. The van der Waals surface area contributed by atoms with Gasteiger partial charge in [0.25, 0.3) is 0 Å². The number of carbonyl (C=O) groups excluding carboxylic acids is 1. The van der Waals surface area contributed by atoms with Gasteiger partial charge in [-0.25, -0.2) is 4.79 Å². The summed E-state index contributed by atoms with van der Waals surface area (Å²) in [5.74, 6) is 0. The van der Waals surface area contributed by atoms with Gasteiger partial charge in [-0.2, -0.15) is 4.89 Å². The van der Waals surface area contributed by atoms with Crippen molar-refractivity contribution in [3.8, 4) is 11.1 Å². The Balaban J connectivity index is 1.65. The van der Waals surface area contributed by atoms with E-state index >= 15 is 0 Å². The van der Waals surface area contributed by atoms with Crippen molar-refractivity contribution in [3.05, 3.63) is 71.8 Å². The van der Waals surface area contributed by atoms with Crippen molar-refractivity contribution >= 4 is 6.16 Å². The molecule has 0 saturated heterocycles. The predicted molar refractivity (Wildman–Crippen MR) is 85.2 cm³/mol. The van der Waals surface area contributed by atoms with Crippen molar-refractivity contribution in [1.82, 2.24) is 0 Å². The van der Waals surface area contributed by atoms with Crippen molar-refractivity contribution in [2.75, 3.05) is 0 Å². The van der Waals surface area contributed by atoms with Crippen LogP contribution < -0.4 is 5.73 Å². The maximum Gasteiger partial charge on any atom is 0.542 e. The van der Waals surface area contributed by atoms with E-state index in [1.807, 2.05) is 24.3 Å². The molecule has 118 valence electrons. The van der Waals surface area contributed by atoms with Crippen LogP contribution in [0.2, 0.25) is 0 Å². The zero-order chi connectivity index (χ0) is 16.2. The second-order valence-corrected chi connectivity index (χ2v) is 5.19. The molecule has 0 heterocycles. The highest BCUT2D eigenvalue weighted by Gasteiger charge is 2.20. The van der Waals surface area contributed by atoms with Crippen LogP contribution in [0.25, 0.3) is 11.1 Å². The largest absolute Gasteiger partial charge is 0.542 e. The van der Waals surface area contributed by atoms with Gasteiger partial charge in [0, 0.05) is 0 Å². The highest BCUT2D eigenvalue weighted by Crippen LogP contribution is 2.38. The average molecular weight is 311 g/mol. The maximum absolute atomic E-state index is 11.3. The summed E-state index contributed by atoms with van der Waals surface area (Å²) in [6, 6.07) is 14.3. The Hall–Kier alpha value is -2.63. The van der Waals surface area contributed by atoms with Gasteiger partial charge in [-0.3, -0.25) is 10.6 Å². The third-order valence-corrected chi connectivity index (χ3v) is 3.75. The second-order valence-electron chi connectivity index (χ2n) is 5.19. The molecule has 5 nitrogen and oxygen atoms in total. The maximum atomic E-state index is 11.3. The van der Waals surface area contributed by atoms with Gasteiger partial charge in [0.2, 0.25) is 0 Å². The van der Waals surface area contributed by atoms with Crippen LogP contribution >= 0.6 is 0 Å². The first-order valence-electron chi connectivity index (χ1n) is 7.26. The second kappa shape index (κ2) is 6.64.